The molecule has 0 saturated carbocycles. The van der Waals surface area contributed by atoms with Crippen LogP contribution in [0.3, 0.4) is 0 Å². The van der Waals surface area contributed by atoms with Gasteiger partial charge in [-0.2, -0.15) is 0 Å². The summed E-state index contributed by atoms with van der Waals surface area (Å²) in [7, 11) is 1.52. The lowest BCUT2D eigenvalue weighted by Gasteiger charge is -2.27. The minimum atomic E-state index is -0.143. The first-order valence-electron chi connectivity index (χ1n) is 6.29. The molecule has 0 atom stereocenters. The maximum Gasteiger partial charge on any atom is 0.257 e. The maximum atomic E-state index is 12.6. The van der Waals surface area contributed by atoms with Gasteiger partial charge in [0.05, 0.1) is 17.7 Å². The number of rotatable bonds is 6. The van der Waals surface area contributed by atoms with Crippen molar-refractivity contribution in [3.63, 3.8) is 0 Å². The summed E-state index contributed by atoms with van der Waals surface area (Å²) in [6.07, 6.45) is 0.488. The summed E-state index contributed by atoms with van der Waals surface area (Å²) in [5.41, 5.74) is 5.95. The van der Waals surface area contributed by atoms with Crippen LogP contribution in [0.25, 0.3) is 0 Å². The molecular formula is C14H19ClN2O2S. The highest BCUT2D eigenvalue weighted by atomic mass is 35.5. The molecule has 20 heavy (non-hydrogen) atoms. The molecule has 1 aromatic rings. The van der Waals surface area contributed by atoms with Crippen molar-refractivity contribution >= 4 is 34.7 Å². The van der Waals surface area contributed by atoms with E-state index < -0.39 is 0 Å². The van der Waals surface area contributed by atoms with Crippen LogP contribution < -0.4 is 10.5 Å². The Hall–Kier alpha value is -1.33. The second-order valence-corrected chi connectivity index (χ2v) is 5.61. The molecule has 110 valence electrons. The predicted octanol–water partition coefficient (Wildman–Crippen LogP) is 2.88. The van der Waals surface area contributed by atoms with Gasteiger partial charge in [-0.25, -0.2) is 0 Å². The van der Waals surface area contributed by atoms with E-state index in [1.807, 2.05) is 13.8 Å². The molecule has 0 radical (unpaired) electrons. The fraction of sp³-hybridized carbons (Fsp3) is 0.429. The quantitative estimate of drug-likeness (QED) is 0.820. The largest absolute Gasteiger partial charge is 0.496 e. The van der Waals surface area contributed by atoms with Crippen LogP contribution in [0.5, 0.6) is 5.75 Å². The van der Waals surface area contributed by atoms with Gasteiger partial charge in [-0.3, -0.25) is 4.79 Å². The SMILES string of the molecule is COc1ccc(Cl)cc1C(=O)N(CCC(N)=S)C(C)C. The van der Waals surface area contributed by atoms with Gasteiger partial charge in [-0.1, -0.05) is 23.8 Å². The molecule has 0 aromatic heterocycles. The van der Waals surface area contributed by atoms with Gasteiger partial charge in [0, 0.05) is 24.0 Å². The van der Waals surface area contributed by atoms with Crippen LogP contribution in [0.2, 0.25) is 5.02 Å². The maximum absolute atomic E-state index is 12.6. The summed E-state index contributed by atoms with van der Waals surface area (Å²) in [4.78, 5) is 14.7. The first-order valence-corrected chi connectivity index (χ1v) is 7.08. The number of nitrogens with zero attached hydrogens (tertiary/aromatic N) is 1. The molecule has 1 aromatic carbocycles. The van der Waals surface area contributed by atoms with E-state index in [0.717, 1.165) is 0 Å². The number of methoxy groups -OCH3 is 1. The molecule has 0 aliphatic heterocycles. The molecule has 0 spiro atoms. The van der Waals surface area contributed by atoms with Gasteiger partial charge in [0.15, 0.2) is 0 Å². The molecule has 6 heteroatoms. The lowest BCUT2D eigenvalue weighted by atomic mass is 10.1. The fourth-order valence-corrected chi connectivity index (χ4v) is 2.09. The lowest BCUT2D eigenvalue weighted by Crippen LogP contribution is -2.39. The molecule has 0 bridgehead atoms. The first kappa shape index (κ1) is 16.7. The van der Waals surface area contributed by atoms with E-state index in [4.69, 9.17) is 34.3 Å². The summed E-state index contributed by atoms with van der Waals surface area (Å²) >= 11 is 10.8. The molecular weight excluding hydrogens is 296 g/mol. The number of hydrogen-bond donors (Lipinski definition) is 1. The monoisotopic (exact) mass is 314 g/mol. The van der Waals surface area contributed by atoms with Gasteiger partial charge in [-0.15, -0.1) is 0 Å². The molecule has 0 saturated heterocycles. The van der Waals surface area contributed by atoms with Crippen molar-refractivity contribution in [3.05, 3.63) is 28.8 Å². The second-order valence-electron chi connectivity index (χ2n) is 4.65. The summed E-state index contributed by atoms with van der Waals surface area (Å²) < 4.78 is 5.22. The van der Waals surface area contributed by atoms with Gasteiger partial charge in [0.1, 0.15) is 5.75 Å². The molecule has 0 unspecified atom stereocenters. The van der Waals surface area contributed by atoms with Crippen molar-refractivity contribution in [2.45, 2.75) is 26.3 Å². The van der Waals surface area contributed by atoms with Crippen LogP contribution in [0.4, 0.5) is 0 Å². The number of ether oxygens (including phenoxy) is 1. The van der Waals surface area contributed by atoms with Gasteiger partial charge >= 0.3 is 0 Å². The van der Waals surface area contributed by atoms with Gasteiger partial charge in [0.2, 0.25) is 0 Å². The number of amides is 1. The molecule has 0 heterocycles. The number of hydrogen-bond acceptors (Lipinski definition) is 3. The highest BCUT2D eigenvalue weighted by Gasteiger charge is 2.22. The first-order chi connectivity index (χ1) is 9.36. The average Bonchev–Trinajstić information content (AvgIpc) is 2.37. The van der Waals surface area contributed by atoms with E-state index in [1.165, 1.54) is 7.11 Å². The Kier molecular flexibility index (Phi) is 6.23. The average molecular weight is 315 g/mol. The summed E-state index contributed by atoms with van der Waals surface area (Å²) in [6.45, 7) is 4.35. The van der Waals surface area contributed by atoms with Crippen LogP contribution in [-0.2, 0) is 0 Å². The number of nitrogens with two attached hydrogens (primary N) is 1. The van der Waals surface area contributed by atoms with E-state index in [9.17, 15) is 4.79 Å². The molecule has 1 amide bonds. The topological polar surface area (TPSA) is 55.6 Å². The van der Waals surface area contributed by atoms with Crippen LogP contribution in [0.1, 0.15) is 30.6 Å². The number of halogens is 1. The van der Waals surface area contributed by atoms with E-state index in [1.54, 1.807) is 23.1 Å². The zero-order valence-corrected chi connectivity index (χ0v) is 13.4. The van der Waals surface area contributed by atoms with Crippen molar-refractivity contribution < 1.29 is 9.53 Å². The van der Waals surface area contributed by atoms with Crippen molar-refractivity contribution in [1.82, 2.24) is 4.90 Å². The van der Waals surface area contributed by atoms with Crippen molar-refractivity contribution in [1.29, 1.82) is 0 Å². The highest BCUT2D eigenvalue weighted by Crippen LogP contribution is 2.24. The Morgan fingerprint density at radius 3 is 2.65 bits per heavy atom. The third kappa shape index (κ3) is 4.35. The van der Waals surface area contributed by atoms with Crippen LogP contribution in [0, 0.1) is 0 Å². The molecule has 2 N–H and O–H groups in total. The molecule has 0 aliphatic rings. The normalized spacial score (nSPS) is 10.4. The second kappa shape index (κ2) is 7.45. The number of thiocarbonyl (C=S) groups is 1. The minimum absolute atomic E-state index is 0.0283. The van der Waals surface area contributed by atoms with E-state index in [2.05, 4.69) is 0 Å². The Balaban J connectivity index is 3.05. The van der Waals surface area contributed by atoms with Gasteiger partial charge in [-0.05, 0) is 32.0 Å². The Bertz CT molecular complexity index is 506. The summed E-state index contributed by atoms with van der Waals surface area (Å²) in [5.74, 6) is 0.357. The van der Waals surface area contributed by atoms with Crippen LogP contribution in [-0.4, -0.2) is 35.5 Å². The van der Waals surface area contributed by atoms with E-state index >= 15 is 0 Å². The molecule has 0 aliphatic carbocycles. The van der Waals surface area contributed by atoms with Crippen LogP contribution >= 0.6 is 23.8 Å². The number of benzene rings is 1. The Morgan fingerprint density at radius 2 is 2.15 bits per heavy atom. The fourth-order valence-electron chi connectivity index (χ4n) is 1.83. The van der Waals surface area contributed by atoms with Crippen molar-refractivity contribution in [2.24, 2.45) is 5.73 Å². The zero-order valence-electron chi connectivity index (χ0n) is 11.9. The molecule has 4 nitrogen and oxygen atoms in total. The highest BCUT2D eigenvalue weighted by molar-refractivity contribution is 7.80. The molecule has 1 rings (SSSR count). The molecule has 0 fully saturated rings. The smallest absolute Gasteiger partial charge is 0.257 e. The predicted molar refractivity (Wildman–Crippen MR) is 85.6 cm³/mol. The third-order valence-corrected chi connectivity index (χ3v) is 3.31. The zero-order chi connectivity index (χ0) is 15.3. The van der Waals surface area contributed by atoms with Crippen molar-refractivity contribution in [2.75, 3.05) is 13.7 Å². The van der Waals surface area contributed by atoms with Crippen LogP contribution in [0.15, 0.2) is 18.2 Å². The van der Waals surface area contributed by atoms with E-state index in [0.29, 0.717) is 34.3 Å². The lowest BCUT2D eigenvalue weighted by molar-refractivity contribution is 0.0708. The summed E-state index contributed by atoms with van der Waals surface area (Å²) in [5, 5.41) is 0.493. The van der Waals surface area contributed by atoms with Crippen molar-refractivity contribution in [3.8, 4) is 5.75 Å². The number of carbonyl (C=O) groups is 1. The standard InChI is InChI=1S/C14H19ClN2O2S/c1-9(2)17(7-6-13(16)20)14(18)11-8-10(15)4-5-12(11)19-3/h4-5,8-9H,6-7H2,1-3H3,(H2,16,20). The third-order valence-electron chi connectivity index (χ3n) is 2.88. The van der Waals surface area contributed by atoms with E-state index in [-0.39, 0.29) is 11.9 Å². The Labute approximate surface area is 129 Å². The van der Waals surface area contributed by atoms with Gasteiger partial charge < -0.3 is 15.4 Å². The minimum Gasteiger partial charge on any atom is -0.496 e. The Morgan fingerprint density at radius 1 is 1.50 bits per heavy atom. The summed E-state index contributed by atoms with van der Waals surface area (Å²) in [6, 6.07) is 5.01. The van der Waals surface area contributed by atoms with Gasteiger partial charge in [0.25, 0.3) is 5.91 Å². The number of carbonyl (C=O) groups excluding carboxylic acids is 1.